The number of nitrogens with one attached hydrogen (secondary N) is 1. The van der Waals surface area contributed by atoms with Crippen LogP contribution in [-0.2, 0) is 11.3 Å². The van der Waals surface area contributed by atoms with Gasteiger partial charge in [-0.3, -0.25) is 4.90 Å². The second kappa shape index (κ2) is 9.70. The molecule has 0 aliphatic carbocycles. The van der Waals surface area contributed by atoms with E-state index in [0.717, 1.165) is 6.54 Å². The van der Waals surface area contributed by atoms with Gasteiger partial charge in [0.1, 0.15) is 23.0 Å². The number of anilines is 1. The third-order valence-electron chi connectivity index (χ3n) is 7.33. The predicted molar refractivity (Wildman–Crippen MR) is 132 cm³/mol. The van der Waals surface area contributed by atoms with E-state index in [1.54, 1.807) is 25.3 Å². The molecule has 38 heavy (non-hydrogen) atoms. The zero-order valence-corrected chi connectivity index (χ0v) is 20.9. The maximum Gasteiger partial charge on any atom is 0.256 e. The number of hydrogen-bond acceptors (Lipinski definition) is 7. The molecule has 2 aliphatic rings. The summed E-state index contributed by atoms with van der Waals surface area (Å²) in [7, 11) is 1.45. The molecule has 1 N–H and O–H groups in total. The minimum atomic E-state index is -2.61. The highest BCUT2D eigenvalue weighted by atomic mass is 19.3. The fourth-order valence-electron chi connectivity index (χ4n) is 5.27. The van der Waals surface area contributed by atoms with Crippen molar-refractivity contribution < 1.29 is 27.0 Å². The monoisotopic (exact) mass is 533 g/mol. The summed E-state index contributed by atoms with van der Waals surface area (Å²) in [5.74, 6) is 0.0873. The quantitative estimate of drug-likeness (QED) is 0.363. The van der Waals surface area contributed by atoms with Gasteiger partial charge in [0.15, 0.2) is 5.82 Å². The van der Waals surface area contributed by atoms with Crippen LogP contribution in [0.2, 0.25) is 0 Å². The van der Waals surface area contributed by atoms with Gasteiger partial charge in [0.2, 0.25) is 11.8 Å². The Balaban J connectivity index is 1.32. The smallest absolute Gasteiger partial charge is 0.256 e. The Morgan fingerprint density at radius 3 is 2.74 bits per heavy atom. The molecule has 9 nitrogen and oxygen atoms in total. The number of methoxy groups -OCH3 is 1. The number of ether oxygens (including phenoxy) is 2. The topological polar surface area (TPSA) is 81.7 Å². The van der Waals surface area contributed by atoms with Crippen LogP contribution in [0.5, 0.6) is 5.88 Å². The van der Waals surface area contributed by atoms with E-state index in [9.17, 15) is 13.2 Å². The molecule has 0 bridgehead atoms. The summed E-state index contributed by atoms with van der Waals surface area (Å²) >= 11 is 0. The predicted octanol–water partition coefficient (Wildman–Crippen LogP) is 3.69. The fraction of sp³-hybridized carbons (Fsp3) is 0.480. The number of halogens is 4. The van der Waals surface area contributed by atoms with E-state index in [0.29, 0.717) is 48.6 Å². The van der Waals surface area contributed by atoms with Crippen molar-refractivity contribution in [3.63, 3.8) is 0 Å². The van der Waals surface area contributed by atoms with Crippen LogP contribution in [0, 0.1) is 12.7 Å². The molecule has 0 radical (unpaired) electrons. The summed E-state index contributed by atoms with van der Waals surface area (Å²) in [5.41, 5.74) is 1.75. The lowest BCUT2D eigenvalue weighted by Crippen LogP contribution is -2.57. The first-order valence-electron chi connectivity index (χ1n) is 12.4. The Labute approximate surface area is 215 Å². The van der Waals surface area contributed by atoms with Gasteiger partial charge in [-0.05, 0) is 37.1 Å². The molecule has 0 spiro atoms. The second-order valence-electron chi connectivity index (χ2n) is 9.70. The average Bonchev–Trinajstić information content (AvgIpc) is 3.40. The van der Waals surface area contributed by atoms with Crippen LogP contribution < -0.4 is 10.1 Å². The minimum Gasteiger partial charge on any atom is -0.479 e. The number of piperidine rings is 1. The van der Waals surface area contributed by atoms with Crippen molar-refractivity contribution in [3.05, 3.63) is 36.0 Å². The van der Waals surface area contributed by atoms with Gasteiger partial charge >= 0.3 is 0 Å². The number of fused-ring (bicyclic) bond motifs is 2. The van der Waals surface area contributed by atoms with E-state index < -0.39 is 31.0 Å². The molecule has 4 aromatic rings. The van der Waals surface area contributed by atoms with Crippen LogP contribution in [0.1, 0.15) is 12.2 Å². The number of imidazole rings is 1. The molecule has 5 heterocycles. The van der Waals surface area contributed by atoms with E-state index in [1.165, 1.54) is 22.3 Å². The number of nitrogens with zero attached hydrogens (tertiary/aromatic N) is 6. The lowest BCUT2D eigenvalue weighted by Gasteiger charge is -2.42. The zero-order chi connectivity index (χ0) is 26.6. The van der Waals surface area contributed by atoms with Crippen molar-refractivity contribution in [2.75, 3.05) is 38.7 Å². The number of hydrogen-bond donors (Lipinski definition) is 1. The van der Waals surface area contributed by atoms with E-state index >= 15 is 4.39 Å². The van der Waals surface area contributed by atoms with Crippen LogP contribution >= 0.6 is 0 Å². The number of rotatable bonds is 7. The molecule has 0 saturated carbocycles. The molecule has 13 heteroatoms. The van der Waals surface area contributed by atoms with Crippen molar-refractivity contribution in [2.24, 2.45) is 0 Å². The Kier molecular flexibility index (Phi) is 6.34. The number of aryl methyl sites for hydroxylation is 1. The first-order valence-corrected chi connectivity index (χ1v) is 12.4. The third kappa shape index (κ3) is 4.33. The Hall–Kier alpha value is -3.45. The summed E-state index contributed by atoms with van der Waals surface area (Å²) in [5, 5.41) is 7.59. The molecule has 0 amide bonds. The van der Waals surface area contributed by atoms with Gasteiger partial charge in [-0.1, -0.05) is 0 Å². The Morgan fingerprint density at radius 1 is 1.24 bits per heavy atom. The molecule has 0 unspecified atom stereocenters. The van der Waals surface area contributed by atoms with Gasteiger partial charge in [-0.15, -0.1) is 5.10 Å². The summed E-state index contributed by atoms with van der Waals surface area (Å²) in [6, 6.07) is 4.46. The minimum absolute atomic E-state index is 0.0294. The van der Waals surface area contributed by atoms with Gasteiger partial charge in [0.25, 0.3) is 6.43 Å². The first kappa shape index (κ1) is 24.9. The molecule has 2 saturated heterocycles. The molecule has 6 rings (SSSR count). The average molecular weight is 534 g/mol. The fourth-order valence-corrected chi connectivity index (χ4v) is 5.27. The normalized spacial score (nSPS) is 20.9. The highest BCUT2D eigenvalue weighted by molar-refractivity contribution is 5.90. The Morgan fingerprint density at radius 2 is 2.05 bits per heavy atom. The number of aromatic nitrogens is 5. The molecular weight excluding hydrogens is 506 g/mol. The third-order valence-corrected chi connectivity index (χ3v) is 7.33. The molecule has 2 aliphatic heterocycles. The molecule has 3 aromatic heterocycles. The van der Waals surface area contributed by atoms with Gasteiger partial charge in [-0.25, -0.2) is 27.1 Å². The standard InChI is InChI=1S/C25H27F4N7O2/c1-13-30-22-17(26)7-14(8-20(22)35(13)10-21(28)29)16-3-6-36-23(16)24(37-2)32-25(33-36)31-19-4-5-34(9-18(19)27)15-11-38-12-15/h3,6-8,15,18-19,21H,4-5,9-12H2,1-2H3,(H,31,33)/t18-,19-/m1/s1. The number of benzene rings is 1. The highest BCUT2D eigenvalue weighted by Gasteiger charge is 2.35. The Bertz CT molecular complexity index is 1490. The van der Waals surface area contributed by atoms with Crippen LogP contribution in [0.4, 0.5) is 23.5 Å². The molecule has 1 aromatic carbocycles. The largest absolute Gasteiger partial charge is 0.479 e. The van der Waals surface area contributed by atoms with Crippen LogP contribution in [-0.4, -0.2) is 87.1 Å². The molecule has 202 valence electrons. The van der Waals surface area contributed by atoms with Gasteiger partial charge in [-0.2, -0.15) is 4.98 Å². The number of alkyl halides is 3. The SMILES string of the molecule is COc1nc(N[C@@H]2CCN(C3COC3)C[C@H]2F)nn2ccc(-c3cc(F)c4nc(C)n(CC(F)F)c4c3)c12. The van der Waals surface area contributed by atoms with E-state index in [2.05, 4.69) is 25.3 Å². The summed E-state index contributed by atoms with van der Waals surface area (Å²) < 4.78 is 69.9. The maximum absolute atomic E-state index is 15.0. The first-order chi connectivity index (χ1) is 18.3. The van der Waals surface area contributed by atoms with Crippen molar-refractivity contribution in [1.29, 1.82) is 0 Å². The molecular formula is C25H27F4N7O2. The summed E-state index contributed by atoms with van der Waals surface area (Å²) in [6.45, 7) is 3.31. The van der Waals surface area contributed by atoms with Crippen molar-refractivity contribution in [1.82, 2.24) is 29.0 Å². The van der Waals surface area contributed by atoms with Gasteiger partial charge in [0.05, 0.1) is 44.5 Å². The lowest BCUT2D eigenvalue weighted by atomic mass is 10.0. The zero-order valence-electron chi connectivity index (χ0n) is 20.9. The maximum atomic E-state index is 15.0. The molecule has 2 atom stereocenters. The number of likely N-dealkylation sites (tertiary alicyclic amines) is 1. The van der Waals surface area contributed by atoms with E-state index in [4.69, 9.17) is 9.47 Å². The van der Waals surface area contributed by atoms with Crippen LogP contribution in [0.25, 0.3) is 27.7 Å². The van der Waals surface area contributed by atoms with E-state index in [1.807, 2.05) is 0 Å². The van der Waals surface area contributed by atoms with Crippen molar-refractivity contribution >= 4 is 22.5 Å². The summed E-state index contributed by atoms with van der Waals surface area (Å²) in [4.78, 5) is 10.7. The highest BCUT2D eigenvalue weighted by Crippen LogP contribution is 2.35. The molecule has 2 fully saturated rings. The summed E-state index contributed by atoms with van der Waals surface area (Å²) in [6.07, 6.45) is -1.47. The lowest BCUT2D eigenvalue weighted by molar-refractivity contribution is -0.0794. The second-order valence-corrected chi connectivity index (χ2v) is 9.70. The van der Waals surface area contributed by atoms with Crippen molar-refractivity contribution in [2.45, 2.75) is 44.6 Å². The van der Waals surface area contributed by atoms with Gasteiger partial charge in [0, 0.05) is 24.8 Å². The van der Waals surface area contributed by atoms with Crippen LogP contribution in [0.3, 0.4) is 0 Å². The van der Waals surface area contributed by atoms with Crippen molar-refractivity contribution in [3.8, 4) is 17.0 Å². The van der Waals surface area contributed by atoms with Crippen LogP contribution in [0.15, 0.2) is 24.4 Å². The van der Waals surface area contributed by atoms with E-state index in [-0.39, 0.29) is 28.9 Å². The van der Waals surface area contributed by atoms with Gasteiger partial charge < -0.3 is 19.4 Å².